The van der Waals surface area contributed by atoms with Crippen LogP contribution in [0.2, 0.25) is 0 Å². The van der Waals surface area contributed by atoms with Gasteiger partial charge in [0.15, 0.2) is 5.78 Å². The smallest absolute Gasteiger partial charge is 0.316 e. The lowest BCUT2D eigenvalue weighted by Crippen LogP contribution is -2.31. The summed E-state index contributed by atoms with van der Waals surface area (Å²) in [5.41, 5.74) is 0.764. The maximum Gasteiger partial charge on any atom is 0.316 e. The van der Waals surface area contributed by atoms with E-state index in [2.05, 4.69) is 0 Å². The number of Topliss-reactive ketones (excluding diaryl/α,β-unsaturated/α-hetero) is 1. The highest BCUT2D eigenvalue weighted by Gasteiger charge is 2.40. The van der Waals surface area contributed by atoms with Gasteiger partial charge < -0.3 is 4.74 Å². The molecule has 0 amide bonds. The number of nitrogens with zero attached hydrogens (tertiary/aromatic N) is 1. The van der Waals surface area contributed by atoms with Gasteiger partial charge in [0.1, 0.15) is 5.92 Å². The van der Waals surface area contributed by atoms with Crippen molar-refractivity contribution < 1.29 is 19.2 Å². The van der Waals surface area contributed by atoms with Crippen LogP contribution in [0.25, 0.3) is 0 Å². The van der Waals surface area contributed by atoms with Crippen LogP contribution in [0, 0.1) is 16.0 Å². The van der Waals surface area contributed by atoms with Crippen LogP contribution in [-0.2, 0) is 9.53 Å². The van der Waals surface area contributed by atoms with Crippen molar-refractivity contribution in [2.45, 2.75) is 12.5 Å². The Labute approximate surface area is 139 Å². The van der Waals surface area contributed by atoms with E-state index in [1.165, 1.54) is 0 Å². The molecule has 0 aromatic heterocycles. The zero-order chi connectivity index (χ0) is 17.5. The van der Waals surface area contributed by atoms with E-state index in [1.807, 2.05) is 0 Å². The molecule has 6 heteroatoms. The highest BCUT2D eigenvalue weighted by Crippen LogP contribution is 2.30. The Morgan fingerprint density at radius 2 is 1.58 bits per heavy atom. The molecule has 0 radical (unpaired) electrons. The van der Waals surface area contributed by atoms with Gasteiger partial charge in [0, 0.05) is 22.5 Å². The quantitative estimate of drug-likeness (QED) is 0.337. The third kappa shape index (κ3) is 4.04. The standard InChI is InChI=1S/C18H17NO5/c1-24-18(21)15(12-16(20)13-8-4-2-5-9-13)17(19(22)23)14-10-6-3-7-11-14/h2-11,15,17H,12H2,1H3/t15-,17+/m0/s1. The third-order valence-electron chi connectivity index (χ3n) is 3.75. The fourth-order valence-corrected chi connectivity index (χ4v) is 2.57. The van der Waals surface area contributed by atoms with Gasteiger partial charge in [0.2, 0.25) is 0 Å². The summed E-state index contributed by atoms with van der Waals surface area (Å²) in [6.45, 7) is 0. The lowest BCUT2D eigenvalue weighted by molar-refractivity contribution is -0.536. The molecule has 124 valence electrons. The Balaban J connectivity index is 2.34. The molecule has 2 aromatic rings. The van der Waals surface area contributed by atoms with Gasteiger partial charge in [0.05, 0.1) is 7.11 Å². The molecule has 6 nitrogen and oxygen atoms in total. The van der Waals surface area contributed by atoms with Crippen LogP contribution in [0.15, 0.2) is 60.7 Å². The van der Waals surface area contributed by atoms with E-state index < -0.39 is 22.9 Å². The summed E-state index contributed by atoms with van der Waals surface area (Å²) in [6.07, 6.45) is -0.294. The molecule has 2 aromatic carbocycles. The van der Waals surface area contributed by atoms with Crippen LogP contribution in [-0.4, -0.2) is 23.8 Å². The van der Waals surface area contributed by atoms with Crippen molar-refractivity contribution in [1.82, 2.24) is 0 Å². The van der Waals surface area contributed by atoms with Crippen LogP contribution in [0.3, 0.4) is 0 Å². The van der Waals surface area contributed by atoms with Crippen molar-refractivity contribution in [3.63, 3.8) is 0 Å². The predicted octanol–water partition coefficient (Wildman–Crippen LogP) is 3.07. The number of hydrogen-bond acceptors (Lipinski definition) is 5. The molecule has 0 bridgehead atoms. The number of carbonyl (C=O) groups excluding carboxylic acids is 2. The van der Waals surface area contributed by atoms with Crippen molar-refractivity contribution in [3.05, 3.63) is 81.9 Å². The number of rotatable bonds is 7. The van der Waals surface area contributed by atoms with Crippen molar-refractivity contribution in [1.29, 1.82) is 0 Å². The average molecular weight is 327 g/mol. The highest BCUT2D eigenvalue weighted by atomic mass is 16.6. The van der Waals surface area contributed by atoms with Gasteiger partial charge >= 0.3 is 5.97 Å². The Hall–Kier alpha value is -3.02. The minimum atomic E-state index is -1.34. The predicted molar refractivity (Wildman–Crippen MR) is 87.1 cm³/mol. The summed E-state index contributed by atoms with van der Waals surface area (Å²) in [5.74, 6) is -2.31. The topological polar surface area (TPSA) is 86.5 Å². The Bertz CT molecular complexity index is 715. The van der Waals surface area contributed by atoms with Gasteiger partial charge in [-0.25, -0.2) is 0 Å². The Kier molecular flexibility index (Phi) is 5.78. The molecule has 0 unspecified atom stereocenters. The van der Waals surface area contributed by atoms with Gasteiger partial charge in [-0.05, 0) is 0 Å². The van der Waals surface area contributed by atoms with Crippen molar-refractivity contribution >= 4 is 11.8 Å². The molecular weight excluding hydrogens is 310 g/mol. The molecule has 0 saturated heterocycles. The van der Waals surface area contributed by atoms with Crippen LogP contribution >= 0.6 is 0 Å². The number of methoxy groups -OCH3 is 1. The number of carbonyl (C=O) groups is 2. The fraction of sp³-hybridized carbons (Fsp3) is 0.222. The normalized spacial score (nSPS) is 12.9. The van der Waals surface area contributed by atoms with Crippen LogP contribution in [0.5, 0.6) is 0 Å². The van der Waals surface area contributed by atoms with Crippen LogP contribution in [0.1, 0.15) is 28.4 Å². The number of hydrogen-bond donors (Lipinski definition) is 0. The second-order valence-corrected chi connectivity index (χ2v) is 5.26. The number of ether oxygens (including phenoxy) is 1. The van der Waals surface area contributed by atoms with E-state index in [-0.39, 0.29) is 12.2 Å². The van der Waals surface area contributed by atoms with E-state index in [9.17, 15) is 19.7 Å². The minimum Gasteiger partial charge on any atom is -0.469 e. The van der Waals surface area contributed by atoms with Crippen LogP contribution in [0.4, 0.5) is 0 Å². The Morgan fingerprint density at radius 1 is 1.04 bits per heavy atom. The largest absolute Gasteiger partial charge is 0.469 e. The third-order valence-corrected chi connectivity index (χ3v) is 3.75. The van der Waals surface area contributed by atoms with Crippen molar-refractivity contribution in [2.75, 3.05) is 7.11 Å². The summed E-state index contributed by atoms with van der Waals surface area (Å²) in [5, 5.41) is 11.6. The first-order valence-corrected chi connectivity index (χ1v) is 7.39. The van der Waals surface area contributed by atoms with Gasteiger partial charge in [0.25, 0.3) is 6.04 Å². The molecule has 2 rings (SSSR count). The highest BCUT2D eigenvalue weighted by molar-refractivity contribution is 5.98. The first-order chi connectivity index (χ1) is 11.5. The molecular formula is C18H17NO5. The van der Waals surface area contributed by atoms with Crippen molar-refractivity contribution in [3.8, 4) is 0 Å². The number of esters is 1. The summed E-state index contributed by atoms with van der Waals surface area (Å²) in [6, 6.07) is 15.2. The van der Waals surface area contributed by atoms with E-state index in [4.69, 9.17) is 4.74 Å². The van der Waals surface area contributed by atoms with E-state index in [1.54, 1.807) is 60.7 Å². The molecule has 0 heterocycles. The van der Waals surface area contributed by atoms with Gasteiger partial charge in [-0.15, -0.1) is 0 Å². The SMILES string of the molecule is COC(=O)[C@@H](CC(=O)c1ccccc1)[C@@H](c1ccccc1)[N+](=O)[O-]. The number of benzene rings is 2. The molecule has 0 spiro atoms. The molecule has 0 aliphatic heterocycles. The second kappa shape index (κ2) is 8.01. The molecule has 0 saturated carbocycles. The molecule has 0 aliphatic rings. The fourth-order valence-electron chi connectivity index (χ4n) is 2.57. The lowest BCUT2D eigenvalue weighted by Gasteiger charge is -2.18. The Morgan fingerprint density at radius 3 is 2.08 bits per heavy atom. The summed E-state index contributed by atoms with van der Waals surface area (Å²) in [7, 11) is 1.16. The number of ketones is 1. The van der Waals surface area contributed by atoms with E-state index >= 15 is 0 Å². The van der Waals surface area contributed by atoms with Gasteiger partial charge in [-0.1, -0.05) is 60.7 Å². The summed E-state index contributed by atoms with van der Waals surface area (Å²) < 4.78 is 4.71. The minimum absolute atomic E-state index is 0.294. The number of nitro groups is 1. The average Bonchev–Trinajstić information content (AvgIpc) is 2.61. The molecule has 0 N–H and O–H groups in total. The first-order valence-electron chi connectivity index (χ1n) is 7.39. The lowest BCUT2D eigenvalue weighted by atomic mass is 9.88. The zero-order valence-electron chi connectivity index (χ0n) is 13.1. The van der Waals surface area contributed by atoms with E-state index in [0.29, 0.717) is 11.1 Å². The molecule has 24 heavy (non-hydrogen) atoms. The summed E-state index contributed by atoms with van der Waals surface area (Å²) >= 11 is 0. The zero-order valence-corrected chi connectivity index (χ0v) is 13.1. The van der Waals surface area contributed by atoms with Gasteiger partial charge in [-0.3, -0.25) is 19.7 Å². The second-order valence-electron chi connectivity index (χ2n) is 5.26. The molecule has 2 atom stereocenters. The maximum atomic E-state index is 12.4. The van der Waals surface area contributed by atoms with Gasteiger partial charge in [-0.2, -0.15) is 0 Å². The maximum absolute atomic E-state index is 12.4. The van der Waals surface area contributed by atoms with E-state index in [0.717, 1.165) is 7.11 Å². The van der Waals surface area contributed by atoms with Crippen LogP contribution < -0.4 is 0 Å². The van der Waals surface area contributed by atoms with Crippen molar-refractivity contribution in [2.24, 2.45) is 5.92 Å². The first kappa shape index (κ1) is 17.3. The summed E-state index contributed by atoms with van der Waals surface area (Å²) in [4.78, 5) is 35.5. The molecule has 0 aliphatic carbocycles. The monoisotopic (exact) mass is 327 g/mol. The molecule has 0 fully saturated rings.